The van der Waals surface area contributed by atoms with Gasteiger partial charge in [0.1, 0.15) is 0 Å². The van der Waals surface area contributed by atoms with Gasteiger partial charge in [-0.1, -0.05) is 18.2 Å². The van der Waals surface area contributed by atoms with Crippen molar-refractivity contribution in [2.45, 2.75) is 13.8 Å². The molecule has 0 aromatic carbocycles. The fraction of sp³-hybridized carbons (Fsp3) is 0.429. The largest absolute Gasteiger partial charge is 0.300 e. The Balaban J connectivity index is 3.70. The molecule has 0 bridgehead atoms. The summed E-state index contributed by atoms with van der Waals surface area (Å²) in [4.78, 5) is 4.43. The SMILES string of the molecule is C/C=C\C(=C/C)CON. The fourth-order valence-corrected chi connectivity index (χ4v) is 0.538. The summed E-state index contributed by atoms with van der Waals surface area (Å²) in [5.74, 6) is 4.86. The highest BCUT2D eigenvalue weighted by atomic mass is 16.6. The van der Waals surface area contributed by atoms with Crippen molar-refractivity contribution in [3.8, 4) is 0 Å². The average molecular weight is 127 g/mol. The Morgan fingerprint density at radius 3 is 2.56 bits per heavy atom. The first-order valence-electron chi connectivity index (χ1n) is 2.94. The van der Waals surface area contributed by atoms with E-state index in [1.165, 1.54) is 0 Å². The molecular weight excluding hydrogens is 114 g/mol. The van der Waals surface area contributed by atoms with Gasteiger partial charge in [-0.3, -0.25) is 4.84 Å². The Kier molecular flexibility index (Phi) is 5.17. The van der Waals surface area contributed by atoms with E-state index in [2.05, 4.69) is 4.84 Å². The lowest BCUT2D eigenvalue weighted by atomic mass is 10.2. The van der Waals surface area contributed by atoms with E-state index in [1.54, 1.807) is 0 Å². The van der Waals surface area contributed by atoms with Gasteiger partial charge in [0.15, 0.2) is 0 Å². The molecule has 0 atom stereocenters. The van der Waals surface area contributed by atoms with Crippen LogP contribution in [-0.4, -0.2) is 6.61 Å². The number of hydrogen-bond donors (Lipinski definition) is 1. The van der Waals surface area contributed by atoms with Gasteiger partial charge in [0.05, 0.1) is 6.61 Å². The summed E-state index contributed by atoms with van der Waals surface area (Å²) in [5, 5.41) is 0. The standard InChI is InChI=1S/C7H13NO/c1-3-5-7(4-2)6-9-8/h3-5H,6,8H2,1-2H3/b5-3-,7-4+. The molecule has 0 aliphatic rings. The van der Waals surface area contributed by atoms with Crippen molar-refractivity contribution < 1.29 is 4.84 Å². The van der Waals surface area contributed by atoms with Gasteiger partial charge in [0, 0.05) is 0 Å². The zero-order valence-electron chi connectivity index (χ0n) is 5.92. The van der Waals surface area contributed by atoms with E-state index in [4.69, 9.17) is 5.90 Å². The van der Waals surface area contributed by atoms with Crippen LogP contribution in [0.4, 0.5) is 0 Å². The third kappa shape index (κ3) is 3.94. The molecule has 2 nitrogen and oxygen atoms in total. The quantitative estimate of drug-likeness (QED) is 0.459. The Hall–Kier alpha value is -0.600. The van der Waals surface area contributed by atoms with E-state index < -0.39 is 0 Å². The van der Waals surface area contributed by atoms with Gasteiger partial charge >= 0.3 is 0 Å². The van der Waals surface area contributed by atoms with Crippen LogP contribution in [0.2, 0.25) is 0 Å². The van der Waals surface area contributed by atoms with E-state index in [0.717, 1.165) is 5.57 Å². The maximum Gasteiger partial charge on any atom is 0.0926 e. The fourth-order valence-electron chi connectivity index (χ4n) is 0.538. The summed E-state index contributed by atoms with van der Waals surface area (Å²) in [5.41, 5.74) is 1.10. The van der Waals surface area contributed by atoms with Crippen LogP contribution in [0, 0.1) is 0 Å². The molecule has 0 spiro atoms. The van der Waals surface area contributed by atoms with Gasteiger partial charge in [0.25, 0.3) is 0 Å². The van der Waals surface area contributed by atoms with Crippen molar-refractivity contribution in [3.05, 3.63) is 23.8 Å². The smallest absolute Gasteiger partial charge is 0.0926 e. The Labute approximate surface area is 56.0 Å². The maximum atomic E-state index is 4.86. The van der Waals surface area contributed by atoms with Crippen LogP contribution in [0.25, 0.3) is 0 Å². The zero-order chi connectivity index (χ0) is 7.11. The summed E-state index contributed by atoms with van der Waals surface area (Å²) in [6.07, 6.45) is 5.88. The molecule has 2 N–H and O–H groups in total. The molecule has 0 heterocycles. The molecule has 0 aromatic rings. The molecule has 0 radical (unpaired) electrons. The first-order chi connectivity index (χ1) is 4.35. The Bertz CT molecular complexity index is 116. The van der Waals surface area contributed by atoms with Crippen LogP contribution >= 0.6 is 0 Å². The first-order valence-corrected chi connectivity index (χ1v) is 2.94. The molecule has 9 heavy (non-hydrogen) atoms. The average Bonchev–Trinajstić information content (AvgIpc) is 1.88. The highest BCUT2D eigenvalue weighted by Gasteiger charge is 1.85. The maximum absolute atomic E-state index is 4.86. The van der Waals surface area contributed by atoms with Gasteiger partial charge in [0.2, 0.25) is 0 Å². The van der Waals surface area contributed by atoms with Crippen molar-refractivity contribution in [3.63, 3.8) is 0 Å². The molecule has 0 amide bonds. The highest BCUT2D eigenvalue weighted by Crippen LogP contribution is 1.94. The normalized spacial score (nSPS) is 13.0. The molecule has 2 heteroatoms. The predicted octanol–water partition coefficient (Wildman–Crippen LogP) is 1.40. The van der Waals surface area contributed by atoms with Crippen LogP contribution in [0.1, 0.15) is 13.8 Å². The van der Waals surface area contributed by atoms with Gasteiger partial charge < -0.3 is 0 Å². The van der Waals surface area contributed by atoms with Crippen LogP contribution < -0.4 is 5.90 Å². The van der Waals surface area contributed by atoms with Gasteiger partial charge in [-0.25, -0.2) is 5.90 Å². The third-order valence-corrected chi connectivity index (χ3v) is 1.00. The molecule has 0 aromatic heterocycles. The van der Waals surface area contributed by atoms with E-state index in [0.29, 0.717) is 6.61 Å². The second-order valence-electron chi connectivity index (χ2n) is 1.67. The minimum Gasteiger partial charge on any atom is -0.300 e. The number of allylic oxidation sites excluding steroid dienone is 2. The molecule has 0 aliphatic heterocycles. The summed E-state index contributed by atoms with van der Waals surface area (Å²) in [7, 11) is 0. The lowest BCUT2D eigenvalue weighted by Crippen LogP contribution is -2.01. The lowest BCUT2D eigenvalue weighted by molar-refractivity contribution is 0.163. The molecule has 0 fully saturated rings. The third-order valence-electron chi connectivity index (χ3n) is 1.00. The second-order valence-corrected chi connectivity index (χ2v) is 1.67. The van der Waals surface area contributed by atoms with Crippen molar-refractivity contribution in [2.75, 3.05) is 6.61 Å². The second kappa shape index (κ2) is 5.54. The zero-order valence-corrected chi connectivity index (χ0v) is 5.92. The van der Waals surface area contributed by atoms with Crippen LogP contribution in [-0.2, 0) is 4.84 Å². The minimum atomic E-state index is 0.487. The van der Waals surface area contributed by atoms with Crippen LogP contribution in [0.5, 0.6) is 0 Å². The van der Waals surface area contributed by atoms with Crippen molar-refractivity contribution >= 4 is 0 Å². The summed E-state index contributed by atoms with van der Waals surface area (Å²) in [6, 6.07) is 0. The number of nitrogens with two attached hydrogens (primary N) is 1. The van der Waals surface area contributed by atoms with Gasteiger partial charge in [-0.15, -0.1) is 0 Å². The predicted molar refractivity (Wildman–Crippen MR) is 38.7 cm³/mol. The molecule has 52 valence electrons. The molecule has 0 unspecified atom stereocenters. The van der Waals surface area contributed by atoms with Crippen molar-refractivity contribution in [1.29, 1.82) is 0 Å². The summed E-state index contributed by atoms with van der Waals surface area (Å²) >= 11 is 0. The van der Waals surface area contributed by atoms with Crippen molar-refractivity contribution in [1.82, 2.24) is 0 Å². The first kappa shape index (κ1) is 8.40. The van der Waals surface area contributed by atoms with E-state index in [-0.39, 0.29) is 0 Å². The minimum absolute atomic E-state index is 0.487. The van der Waals surface area contributed by atoms with Gasteiger partial charge in [-0.05, 0) is 19.4 Å². The molecule has 0 saturated heterocycles. The molecular formula is C7H13NO. The molecule has 0 rings (SSSR count). The highest BCUT2D eigenvalue weighted by molar-refractivity contribution is 5.17. The lowest BCUT2D eigenvalue weighted by Gasteiger charge is -1.95. The van der Waals surface area contributed by atoms with Crippen LogP contribution in [0.3, 0.4) is 0 Å². The van der Waals surface area contributed by atoms with Crippen molar-refractivity contribution in [2.24, 2.45) is 5.90 Å². The van der Waals surface area contributed by atoms with E-state index in [9.17, 15) is 0 Å². The van der Waals surface area contributed by atoms with Crippen LogP contribution in [0.15, 0.2) is 23.8 Å². The Morgan fingerprint density at radius 1 is 1.56 bits per heavy atom. The molecule has 0 aliphatic carbocycles. The van der Waals surface area contributed by atoms with E-state index in [1.807, 2.05) is 32.1 Å². The Morgan fingerprint density at radius 2 is 2.22 bits per heavy atom. The molecule has 0 saturated carbocycles. The number of hydrogen-bond acceptors (Lipinski definition) is 2. The summed E-state index contributed by atoms with van der Waals surface area (Å²) < 4.78 is 0. The summed E-state index contributed by atoms with van der Waals surface area (Å²) in [6.45, 7) is 4.40. The topological polar surface area (TPSA) is 35.2 Å². The van der Waals surface area contributed by atoms with E-state index >= 15 is 0 Å². The van der Waals surface area contributed by atoms with Gasteiger partial charge in [-0.2, -0.15) is 0 Å². The number of rotatable bonds is 3. The monoisotopic (exact) mass is 127 g/mol.